The third-order valence-electron chi connectivity index (χ3n) is 7.90. The number of hydrogen-bond donors (Lipinski definition) is 1. The topological polar surface area (TPSA) is 56.8 Å². The monoisotopic (exact) mass is 549 g/mol. The summed E-state index contributed by atoms with van der Waals surface area (Å²) >= 11 is 0. The van der Waals surface area contributed by atoms with E-state index in [4.69, 9.17) is 14.0 Å². The van der Waals surface area contributed by atoms with Crippen molar-refractivity contribution in [3.05, 3.63) is 101 Å². The van der Waals surface area contributed by atoms with Crippen molar-refractivity contribution in [2.24, 2.45) is 0 Å². The van der Waals surface area contributed by atoms with Crippen molar-refractivity contribution < 1.29 is 32.0 Å². The fourth-order valence-electron chi connectivity index (χ4n) is 5.04. The van der Waals surface area contributed by atoms with Crippen LogP contribution in [0.1, 0.15) is 55.9 Å². The molecule has 5 rings (SSSR count). The van der Waals surface area contributed by atoms with Crippen LogP contribution in [0.15, 0.2) is 78.3 Å². The molecule has 3 aromatic rings. The van der Waals surface area contributed by atoms with Crippen LogP contribution in [0.4, 0.5) is 18.0 Å². The van der Waals surface area contributed by atoms with Crippen molar-refractivity contribution in [2.75, 3.05) is 13.2 Å². The quantitative estimate of drug-likeness (QED) is 0.329. The van der Waals surface area contributed by atoms with Crippen molar-refractivity contribution in [2.45, 2.75) is 51.0 Å². The molecule has 0 radical (unpaired) electrons. The first-order chi connectivity index (χ1) is 18.9. The first kappa shape index (κ1) is 28.0. The second kappa shape index (κ2) is 10.4. The van der Waals surface area contributed by atoms with E-state index >= 15 is 0 Å². The number of carbonyl (C=O) groups is 1. The van der Waals surface area contributed by atoms with Crippen LogP contribution in [0.3, 0.4) is 0 Å². The number of rotatable bonds is 6. The van der Waals surface area contributed by atoms with Crippen molar-refractivity contribution in [1.82, 2.24) is 5.32 Å². The molecule has 1 aliphatic carbocycles. The Kier molecular flexibility index (Phi) is 7.31. The summed E-state index contributed by atoms with van der Waals surface area (Å²) in [6, 6.07) is 21.1. The molecule has 0 spiro atoms. The molecule has 3 aromatic carbocycles. The van der Waals surface area contributed by atoms with Gasteiger partial charge in [0.15, 0.2) is 0 Å². The van der Waals surface area contributed by atoms with Crippen molar-refractivity contribution >= 4 is 19.3 Å². The smallest absolute Gasteiger partial charge is 0.449 e. The van der Waals surface area contributed by atoms with E-state index in [0.29, 0.717) is 11.0 Å². The van der Waals surface area contributed by atoms with Gasteiger partial charge in [-0.1, -0.05) is 66.7 Å². The van der Waals surface area contributed by atoms with Gasteiger partial charge in [0.05, 0.1) is 16.8 Å². The summed E-state index contributed by atoms with van der Waals surface area (Å²) in [6.45, 7) is 7.64. The molecule has 1 aliphatic heterocycles. The molecule has 0 saturated carbocycles. The average Bonchev–Trinajstić information content (AvgIpc) is 3.34. The van der Waals surface area contributed by atoms with Crippen molar-refractivity contribution in [1.29, 1.82) is 0 Å². The summed E-state index contributed by atoms with van der Waals surface area (Å²) in [5, 5.41) is 2.74. The van der Waals surface area contributed by atoms with Crippen molar-refractivity contribution in [3.63, 3.8) is 0 Å². The van der Waals surface area contributed by atoms with Gasteiger partial charge in [-0.25, -0.2) is 4.79 Å². The van der Waals surface area contributed by atoms with Crippen LogP contribution in [0.2, 0.25) is 0 Å². The molecule has 0 bridgehead atoms. The van der Waals surface area contributed by atoms with E-state index in [1.54, 1.807) is 12.1 Å². The zero-order chi connectivity index (χ0) is 28.7. The maximum Gasteiger partial charge on any atom is 0.492 e. The van der Waals surface area contributed by atoms with Gasteiger partial charge in [0.1, 0.15) is 6.61 Å². The summed E-state index contributed by atoms with van der Waals surface area (Å²) < 4.78 is 57.9. The van der Waals surface area contributed by atoms with Gasteiger partial charge in [0.25, 0.3) is 0 Å². The number of alkyl carbamates (subject to hydrolysis) is 1. The molecule has 2 aliphatic rings. The molecular formula is C31H31BF3NO4. The minimum atomic E-state index is -4.48. The number of halogens is 3. The van der Waals surface area contributed by atoms with E-state index < -0.39 is 36.2 Å². The Morgan fingerprint density at radius 2 is 1.50 bits per heavy atom. The number of fused-ring (bicyclic) bond motifs is 3. The molecule has 1 amide bonds. The lowest BCUT2D eigenvalue weighted by Crippen LogP contribution is -2.41. The molecule has 9 heteroatoms. The lowest BCUT2D eigenvalue weighted by atomic mass is 9.77. The van der Waals surface area contributed by atoms with Gasteiger partial charge in [-0.3, -0.25) is 0 Å². The van der Waals surface area contributed by atoms with Gasteiger partial charge in [0.2, 0.25) is 0 Å². The molecule has 1 N–H and O–H groups in total. The minimum Gasteiger partial charge on any atom is -0.449 e. The van der Waals surface area contributed by atoms with Crippen LogP contribution >= 0.6 is 0 Å². The molecule has 1 heterocycles. The first-order valence-electron chi connectivity index (χ1n) is 13.2. The van der Waals surface area contributed by atoms with Gasteiger partial charge in [0, 0.05) is 12.5 Å². The van der Waals surface area contributed by atoms with Gasteiger partial charge < -0.3 is 19.4 Å². The number of benzene rings is 3. The Bertz CT molecular complexity index is 1390. The van der Waals surface area contributed by atoms with E-state index in [9.17, 15) is 18.0 Å². The maximum atomic E-state index is 13.3. The van der Waals surface area contributed by atoms with E-state index in [2.05, 4.69) is 17.4 Å². The van der Waals surface area contributed by atoms with Gasteiger partial charge in [-0.2, -0.15) is 13.2 Å². The minimum absolute atomic E-state index is 0.0380. The first-order valence-corrected chi connectivity index (χ1v) is 13.2. The molecule has 208 valence electrons. The second-order valence-corrected chi connectivity index (χ2v) is 11.1. The highest BCUT2D eigenvalue weighted by Gasteiger charge is 2.52. The predicted octanol–water partition coefficient (Wildman–Crippen LogP) is 7.26. The second-order valence-electron chi connectivity index (χ2n) is 11.1. The van der Waals surface area contributed by atoms with E-state index in [1.165, 1.54) is 6.07 Å². The summed E-state index contributed by atoms with van der Waals surface area (Å²) in [7, 11) is -0.867. The van der Waals surface area contributed by atoms with Crippen LogP contribution in [-0.4, -0.2) is 37.6 Å². The standard InChI is InChI=1S/C31H31BF3NO4/c1-29(2)30(3,4)40-32(39-29)22(17-20-10-9-11-21(16-20)31(33,34)35)18-36-28(37)38-19-27-25-14-7-5-12-23(25)24-13-6-8-15-26(24)27/h5-17,27H,18-19H2,1-4H3,(H,36,37). The summed E-state index contributed by atoms with van der Waals surface area (Å²) in [6.07, 6.45) is -3.57. The highest BCUT2D eigenvalue weighted by Crippen LogP contribution is 2.44. The third-order valence-corrected chi connectivity index (χ3v) is 7.90. The largest absolute Gasteiger partial charge is 0.492 e. The zero-order valence-corrected chi connectivity index (χ0v) is 22.8. The highest BCUT2D eigenvalue weighted by molar-refractivity contribution is 6.56. The molecule has 5 nitrogen and oxygen atoms in total. The Hall–Kier alpha value is -3.56. The molecule has 1 fully saturated rings. The summed E-state index contributed by atoms with van der Waals surface area (Å²) in [4.78, 5) is 12.8. The Balaban J connectivity index is 1.32. The summed E-state index contributed by atoms with van der Waals surface area (Å²) in [5.41, 5.74) is 3.11. The van der Waals surface area contributed by atoms with E-state index in [0.717, 1.165) is 34.4 Å². The van der Waals surface area contributed by atoms with Crippen molar-refractivity contribution in [3.8, 4) is 11.1 Å². The lowest BCUT2D eigenvalue weighted by molar-refractivity contribution is -0.137. The molecule has 1 saturated heterocycles. The molecule has 0 atom stereocenters. The Labute approximate surface area is 232 Å². The number of carbonyl (C=O) groups excluding carboxylic acids is 1. The zero-order valence-electron chi connectivity index (χ0n) is 22.8. The Morgan fingerprint density at radius 1 is 0.925 bits per heavy atom. The van der Waals surface area contributed by atoms with Crippen LogP contribution in [0.5, 0.6) is 0 Å². The maximum absolute atomic E-state index is 13.3. The predicted molar refractivity (Wildman–Crippen MR) is 149 cm³/mol. The number of amides is 1. The van der Waals surface area contributed by atoms with Crippen LogP contribution in [0.25, 0.3) is 17.2 Å². The van der Waals surface area contributed by atoms with Crippen LogP contribution < -0.4 is 5.32 Å². The number of nitrogens with one attached hydrogen (secondary N) is 1. The fourth-order valence-corrected chi connectivity index (χ4v) is 5.04. The normalized spacial score (nSPS) is 17.9. The third kappa shape index (κ3) is 5.53. The number of hydrogen-bond acceptors (Lipinski definition) is 4. The Morgan fingerprint density at radius 3 is 2.08 bits per heavy atom. The van der Waals surface area contributed by atoms with E-state index in [-0.39, 0.29) is 19.1 Å². The van der Waals surface area contributed by atoms with Gasteiger partial charge in [-0.05, 0) is 73.1 Å². The SMILES string of the molecule is CC1(C)OB(C(=Cc2cccc(C(F)(F)F)c2)CNC(=O)OCC2c3ccccc3-c3ccccc32)OC1(C)C. The van der Waals surface area contributed by atoms with Crippen LogP contribution in [-0.2, 0) is 20.2 Å². The molecule has 0 unspecified atom stereocenters. The summed E-state index contributed by atoms with van der Waals surface area (Å²) in [5.74, 6) is -0.0960. The average molecular weight is 549 g/mol. The lowest BCUT2D eigenvalue weighted by Gasteiger charge is -2.32. The molecular weight excluding hydrogens is 518 g/mol. The van der Waals surface area contributed by atoms with Gasteiger partial charge in [-0.15, -0.1) is 0 Å². The van der Waals surface area contributed by atoms with Crippen LogP contribution in [0, 0.1) is 0 Å². The highest BCUT2D eigenvalue weighted by atomic mass is 19.4. The molecule has 40 heavy (non-hydrogen) atoms. The number of ether oxygens (including phenoxy) is 1. The van der Waals surface area contributed by atoms with Gasteiger partial charge >= 0.3 is 19.4 Å². The fraction of sp³-hybridized carbons (Fsp3) is 0.323. The van der Waals surface area contributed by atoms with E-state index in [1.807, 2.05) is 64.1 Å². The molecule has 0 aromatic heterocycles. The number of alkyl halides is 3.